The van der Waals surface area contributed by atoms with E-state index in [4.69, 9.17) is 51.1 Å². The fourth-order valence-corrected chi connectivity index (χ4v) is 4.79. The molecule has 0 saturated heterocycles. The molecule has 3 rings (SSSR count). The molecular formula is C24H22Cl4N2O5. The molecule has 0 radical (unpaired) electrons. The third kappa shape index (κ3) is 5.43. The fraction of sp³-hybridized carbons (Fsp3) is 0.333. The van der Waals surface area contributed by atoms with Crippen molar-refractivity contribution in [2.45, 2.75) is 40.2 Å². The van der Waals surface area contributed by atoms with Crippen LogP contribution in [0, 0.1) is 19.8 Å². The van der Waals surface area contributed by atoms with Gasteiger partial charge in [0.2, 0.25) is 0 Å². The average molecular weight is 560 g/mol. The van der Waals surface area contributed by atoms with Gasteiger partial charge in [-0.25, -0.2) is 4.79 Å². The van der Waals surface area contributed by atoms with E-state index in [0.717, 1.165) is 16.0 Å². The lowest BCUT2D eigenvalue weighted by Gasteiger charge is -2.26. The first-order chi connectivity index (χ1) is 16.3. The predicted octanol–water partition coefficient (Wildman–Crippen LogP) is 6.11. The van der Waals surface area contributed by atoms with E-state index < -0.39 is 36.3 Å². The van der Waals surface area contributed by atoms with Gasteiger partial charge in [-0.3, -0.25) is 19.3 Å². The summed E-state index contributed by atoms with van der Waals surface area (Å²) in [6, 6.07) is 4.16. The highest BCUT2D eigenvalue weighted by molar-refractivity contribution is 6.55. The summed E-state index contributed by atoms with van der Waals surface area (Å²) >= 11 is 24.5. The van der Waals surface area contributed by atoms with E-state index >= 15 is 0 Å². The van der Waals surface area contributed by atoms with Crippen LogP contribution in [-0.2, 0) is 14.3 Å². The number of benzene rings is 2. The molecule has 1 N–H and O–H groups in total. The van der Waals surface area contributed by atoms with Crippen LogP contribution in [0.4, 0.5) is 5.69 Å². The summed E-state index contributed by atoms with van der Waals surface area (Å²) in [7, 11) is 0. The second kappa shape index (κ2) is 10.7. The molecule has 35 heavy (non-hydrogen) atoms. The minimum Gasteiger partial charge on any atom is -0.454 e. The summed E-state index contributed by atoms with van der Waals surface area (Å²) in [6.07, 6.45) is 0.0830. The zero-order chi connectivity index (χ0) is 26.2. The molecule has 11 heteroatoms. The van der Waals surface area contributed by atoms with Crippen LogP contribution in [0.15, 0.2) is 18.2 Å². The van der Waals surface area contributed by atoms with Gasteiger partial charge in [0.15, 0.2) is 6.61 Å². The van der Waals surface area contributed by atoms with E-state index in [2.05, 4.69) is 5.32 Å². The van der Waals surface area contributed by atoms with Crippen LogP contribution in [0.25, 0.3) is 0 Å². The molecule has 0 unspecified atom stereocenters. The molecule has 1 aliphatic heterocycles. The summed E-state index contributed by atoms with van der Waals surface area (Å²) < 4.78 is 5.20. The van der Waals surface area contributed by atoms with Gasteiger partial charge in [0.05, 0.1) is 31.2 Å². The van der Waals surface area contributed by atoms with Gasteiger partial charge >= 0.3 is 5.97 Å². The molecule has 2 aromatic carbocycles. The number of hydrogen-bond acceptors (Lipinski definition) is 5. The molecule has 3 amide bonds. The van der Waals surface area contributed by atoms with Gasteiger partial charge in [-0.2, -0.15) is 0 Å². The van der Waals surface area contributed by atoms with Crippen LogP contribution in [-0.4, -0.2) is 41.2 Å². The lowest BCUT2D eigenvalue weighted by atomic mass is 10.0. The van der Waals surface area contributed by atoms with E-state index in [0.29, 0.717) is 5.69 Å². The first-order valence-corrected chi connectivity index (χ1v) is 12.1. The lowest BCUT2D eigenvalue weighted by molar-refractivity contribution is -0.151. The summed E-state index contributed by atoms with van der Waals surface area (Å²) in [5.41, 5.74) is 2.00. The van der Waals surface area contributed by atoms with Crippen LogP contribution in [0.5, 0.6) is 0 Å². The normalized spacial score (nSPS) is 13.8. The van der Waals surface area contributed by atoms with E-state index in [9.17, 15) is 19.2 Å². The van der Waals surface area contributed by atoms with Crippen LogP contribution < -0.4 is 5.32 Å². The van der Waals surface area contributed by atoms with Gasteiger partial charge in [-0.1, -0.05) is 77.9 Å². The van der Waals surface area contributed by atoms with Crippen LogP contribution in [0.2, 0.25) is 20.1 Å². The molecular weight excluding hydrogens is 538 g/mol. The molecule has 0 fully saturated rings. The van der Waals surface area contributed by atoms with Crippen molar-refractivity contribution in [2.75, 3.05) is 11.9 Å². The van der Waals surface area contributed by atoms with Crippen molar-refractivity contribution in [3.05, 3.63) is 60.5 Å². The molecule has 2 aromatic rings. The second-order valence-corrected chi connectivity index (χ2v) is 10.1. The number of hydrogen-bond donors (Lipinski definition) is 1. The Labute approximate surface area is 222 Å². The smallest absolute Gasteiger partial charge is 0.329 e. The van der Waals surface area contributed by atoms with Crippen molar-refractivity contribution < 1.29 is 23.9 Å². The molecule has 7 nitrogen and oxygen atoms in total. The molecule has 1 aliphatic rings. The molecule has 1 atom stereocenters. The van der Waals surface area contributed by atoms with E-state index in [1.165, 1.54) is 0 Å². The Morgan fingerprint density at radius 2 is 1.49 bits per heavy atom. The SMILES string of the molecule is Cc1ccc(NC(=O)COC(=O)[C@H](CC(C)C)N2C(=O)c3c(Cl)c(Cl)c(Cl)c(Cl)c3C2=O)c(C)c1. The Balaban J connectivity index is 1.82. The maximum absolute atomic E-state index is 13.2. The Bertz CT molecular complexity index is 1200. The van der Waals surface area contributed by atoms with E-state index in [1.54, 1.807) is 19.9 Å². The monoisotopic (exact) mass is 558 g/mol. The van der Waals surface area contributed by atoms with E-state index in [1.807, 2.05) is 26.0 Å². The van der Waals surface area contributed by atoms with Crippen molar-refractivity contribution >= 4 is 75.8 Å². The summed E-state index contributed by atoms with van der Waals surface area (Å²) in [6.45, 7) is 6.77. The summed E-state index contributed by atoms with van der Waals surface area (Å²) in [4.78, 5) is 52.5. The lowest BCUT2D eigenvalue weighted by Crippen LogP contribution is -2.47. The number of fused-ring (bicyclic) bond motifs is 1. The molecule has 0 aromatic heterocycles. The number of carbonyl (C=O) groups excluding carboxylic acids is 4. The maximum atomic E-state index is 13.2. The molecule has 0 saturated carbocycles. The minimum absolute atomic E-state index is 0.0830. The van der Waals surface area contributed by atoms with Crippen molar-refractivity contribution in [2.24, 2.45) is 5.92 Å². The Morgan fingerprint density at radius 3 is 1.97 bits per heavy atom. The van der Waals surface area contributed by atoms with Crippen LogP contribution in [0.1, 0.15) is 52.1 Å². The number of halogens is 4. The number of imide groups is 1. The molecule has 0 bridgehead atoms. The zero-order valence-corrected chi connectivity index (χ0v) is 22.3. The number of anilines is 1. The molecule has 0 aliphatic carbocycles. The highest BCUT2D eigenvalue weighted by atomic mass is 35.5. The van der Waals surface area contributed by atoms with Crippen molar-refractivity contribution in [1.29, 1.82) is 0 Å². The Kier molecular flexibility index (Phi) is 8.37. The van der Waals surface area contributed by atoms with Crippen molar-refractivity contribution in [1.82, 2.24) is 4.90 Å². The van der Waals surface area contributed by atoms with Gasteiger partial charge in [0, 0.05) is 5.69 Å². The largest absolute Gasteiger partial charge is 0.454 e. The highest BCUT2D eigenvalue weighted by Crippen LogP contribution is 2.45. The number of nitrogens with zero attached hydrogens (tertiary/aromatic N) is 1. The number of aryl methyl sites for hydroxylation is 2. The van der Waals surface area contributed by atoms with Gasteiger partial charge in [0.25, 0.3) is 17.7 Å². The Morgan fingerprint density at radius 1 is 0.943 bits per heavy atom. The highest BCUT2D eigenvalue weighted by Gasteiger charge is 2.47. The number of esters is 1. The fourth-order valence-electron chi connectivity index (χ4n) is 3.78. The number of ether oxygens (including phenoxy) is 1. The average Bonchev–Trinajstić information content (AvgIpc) is 3.04. The zero-order valence-electron chi connectivity index (χ0n) is 19.3. The van der Waals surface area contributed by atoms with Crippen LogP contribution in [0.3, 0.4) is 0 Å². The van der Waals surface area contributed by atoms with Crippen molar-refractivity contribution in [3.8, 4) is 0 Å². The number of carbonyl (C=O) groups is 4. The minimum atomic E-state index is -1.32. The first kappa shape index (κ1) is 27.3. The maximum Gasteiger partial charge on any atom is 0.329 e. The molecule has 186 valence electrons. The second-order valence-electron chi connectivity index (χ2n) is 8.61. The third-order valence-electron chi connectivity index (χ3n) is 5.41. The number of amides is 3. The predicted molar refractivity (Wildman–Crippen MR) is 136 cm³/mol. The number of nitrogens with one attached hydrogen (secondary N) is 1. The van der Waals surface area contributed by atoms with Gasteiger partial charge in [0.1, 0.15) is 6.04 Å². The van der Waals surface area contributed by atoms with E-state index in [-0.39, 0.29) is 43.6 Å². The van der Waals surface area contributed by atoms with Gasteiger partial charge in [-0.05, 0) is 37.8 Å². The first-order valence-electron chi connectivity index (χ1n) is 10.6. The summed E-state index contributed by atoms with van der Waals surface area (Å²) in [5, 5.41) is 1.85. The quantitative estimate of drug-likeness (QED) is 0.191. The topological polar surface area (TPSA) is 92.8 Å². The number of rotatable bonds is 7. The van der Waals surface area contributed by atoms with Crippen molar-refractivity contribution in [3.63, 3.8) is 0 Å². The van der Waals surface area contributed by atoms with Crippen LogP contribution >= 0.6 is 46.4 Å². The Hall–Kier alpha value is -2.32. The van der Waals surface area contributed by atoms with Gasteiger partial charge in [-0.15, -0.1) is 0 Å². The van der Waals surface area contributed by atoms with Gasteiger partial charge < -0.3 is 10.1 Å². The molecule has 1 heterocycles. The molecule has 0 spiro atoms. The standard InChI is InChI=1S/C24H22Cl4N2O5/c1-10(2)7-14(24(34)35-9-15(31)29-13-6-5-11(3)8-12(13)4)30-22(32)16-17(23(30)33)19(26)21(28)20(27)18(16)25/h5-6,8,10,14H,7,9H2,1-4H3,(H,29,31)/t14-/m0/s1. The summed E-state index contributed by atoms with van der Waals surface area (Å²) in [5.74, 6) is -3.30. The third-order valence-corrected chi connectivity index (χ3v) is 7.21.